The lowest BCUT2D eigenvalue weighted by atomic mass is 10.3. The SMILES string of the molecule is N#CC1CN(S)CCO1. The minimum atomic E-state index is -0.281. The third-order valence-corrected chi connectivity index (χ3v) is 1.55. The Bertz CT molecular complexity index is 133. The van der Waals surface area contributed by atoms with Gasteiger partial charge in [-0.2, -0.15) is 5.26 Å². The molecule has 0 N–H and O–H groups in total. The quantitative estimate of drug-likeness (QED) is 0.488. The Hall–Kier alpha value is -0.240. The minimum absolute atomic E-state index is 0.281. The van der Waals surface area contributed by atoms with E-state index in [2.05, 4.69) is 12.8 Å². The fourth-order valence-corrected chi connectivity index (χ4v) is 0.944. The van der Waals surface area contributed by atoms with E-state index in [0.717, 1.165) is 6.54 Å². The van der Waals surface area contributed by atoms with Crippen molar-refractivity contribution in [2.75, 3.05) is 19.7 Å². The number of thiol groups is 1. The first-order valence-corrected chi connectivity index (χ1v) is 3.18. The molecule has 50 valence electrons. The minimum Gasteiger partial charge on any atom is -0.361 e. The predicted octanol–water partition coefficient (Wildman–Crippen LogP) is 0.0556. The molecule has 1 aliphatic heterocycles. The number of ether oxygens (including phenoxy) is 1. The third-order valence-electron chi connectivity index (χ3n) is 1.19. The standard InChI is InChI=1S/C5H8N2OS/c6-3-5-4-7(9)1-2-8-5/h5,9H,1-2,4H2. The summed E-state index contributed by atoms with van der Waals surface area (Å²) in [5.41, 5.74) is 0. The average molecular weight is 144 g/mol. The Kier molecular flexibility index (Phi) is 2.34. The summed E-state index contributed by atoms with van der Waals surface area (Å²) in [6, 6.07) is 2.02. The normalized spacial score (nSPS) is 29.6. The maximum Gasteiger partial charge on any atom is 0.157 e. The van der Waals surface area contributed by atoms with Gasteiger partial charge in [0.25, 0.3) is 0 Å². The number of morpholine rings is 1. The second-order valence-electron chi connectivity index (χ2n) is 1.90. The molecular weight excluding hydrogens is 136 g/mol. The summed E-state index contributed by atoms with van der Waals surface area (Å²) in [5, 5.41) is 8.37. The topological polar surface area (TPSA) is 36.3 Å². The number of nitrogens with zero attached hydrogens (tertiary/aromatic N) is 2. The molecule has 1 saturated heterocycles. The van der Waals surface area contributed by atoms with Gasteiger partial charge in [0, 0.05) is 13.1 Å². The molecule has 1 heterocycles. The molecule has 1 fully saturated rings. The van der Waals surface area contributed by atoms with Crippen LogP contribution in [0.3, 0.4) is 0 Å². The summed E-state index contributed by atoms with van der Waals surface area (Å²) in [4.78, 5) is 0. The summed E-state index contributed by atoms with van der Waals surface area (Å²) in [6.45, 7) is 2.03. The highest BCUT2D eigenvalue weighted by Gasteiger charge is 2.16. The van der Waals surface area contributed by atoms with Crippen molar-refractivity contribution < 1.29 is 4.74 Å². The molecule has 0 bridgehead atoms. The van der Waals surface area contributed by atoms with Gasteiger partial charge in [0.15, 0.2) is 6.10 Å². The molecule has 9 heavy (non-hydrogen) atoms. The van der Waals surface area contributed by atoms with Gasteiger partial charge >= 0.3 is 0 Å². The molecule has 0 radical (unpaired) electrons. The van der Waals surface area contributed by atoms with Crippen molar-refractivity contribution in [3.05, 3.63) is 0 Å². The van der Waals surface area contributed by atoms with E-state index in [1.807, 2.05) is 6.07 Å². The highest BCUT2D eigenvalue weighted by Crippen LogP contribution is 2.04. The van der Waals surface area contributed by atoms with E-state index >= 15 is 0 Å². The first kappa shape index (κ1) is 6.87. The van der Waals surface area contributed by atoms with Gasteiger partial charge in [-0.15, -0.1) is 0 Å². The van der Waals surface area contributed by atoms with E-state index in [1.54, 1.807) is 4.31 Å². The van der Waals surface area contributed by atoms with E-state index < -0.39 is 0 Å². The van der Waals surface area contributed by atoms with E-state index in [9.17, 15) is 0 Å². The van der Waals surface area contributed by atoms with Crippen LogP contribution >= 0.6 is 12.8 Å². The molecule has 1 rings (SSSR count). The molecule has 0 spiro atoms. The summed E-state index contributed by atoms with van der Waals surface area (Å²) in [6.07, 6.45) is -0.281. The molecular formula is C5H8N2OS. The Labute approximate surface area is 59.7 Å². The second-order valence-corrected chi connectivity index (χ2v) is 2.47. The lowest BCUT2D eigenvalue weighted by Gasteiger charge is -2.24. The Morgan fingerprint density at radius 3 is 3.00 bits per heavy atom. The van der Waals surface area contributed by atoms with Crippen LogP contribution in [0.1, 0.15) is 0 Å². The molecule has 4 heteroatoms. The van der Waals surface area contributed by atoms with Crippen molar-refractivity contribution in [2.24, 2.45) is 0 Å². The van der Waals surface area contributed by atoms with E-state index in [-0.39, 0.29) is 6.10 Å². The van der Waals surface area contributed by atoms with E-state index in [1.165, 1.54) is 0 Å². The van der Waals surface area contributed by atoms with Crippen LogP contribution in [0.5, 0.6) is 0 Å². The summed E-state index contributed by atoms with van der Waals surface area (Å²) in [7, 11) is 0. The molecule has 1 aliphatic rings. The maximum atomic E-state index is 8.37. The fraction of sp³-hybridized carbons (Fsp3) is 0.800. The van der Waals surface area contributed by atoms with Crippen LogP contribution in [-0.2, 0) is 4.74 Å². The largest absolute Gasteiger partial charge is 0.361 e. The summed E-state index contributed by atoms with van der Waals surface area (Å²) < 4.78 is 6.83. The average Bonchev–Trinajstić information content (AvgIpc) is 1.88. The van der Waals surface area contributed by atoms with Gasteiger partial charge < -0.3 is 4.74 Å². The Morgan fingerprint density at radius 1 is 1.78 bits per heavy atom. The summed E-state index contributed by atoms with van der Waals surface area (Å²) >= 11 is 4.08. The Balaban J connectivity index is 2.34. The number of rotatable bonds is 0. The van der Waals surface area contributed by atoms with Crippen LogP contribution < -0.4 is 0 Å². The highest BCUT2D eigenvalue weighted by molar-refractivity contribution is 7.77. The lowest BCUT2D eigenvalue weighted by Crippen LogP contribution is -2.36. The van der Waals surface area contributed by atoms with Crippen LogP contribution in [0.2, 0.25) is 0 Å². The van der Waals surface area contributed by atoms with Gasteiger partial charge in [-0.05, 0) is 0 Å². The van der Waals surface area contributed by atoms with E-state index in [4.69, 9.17) is 10.00 Å². The number of hydrogen-bond donors (Lipinski definition) is 1. The monoisotopic (exact) mass is 144 g/mol. The third kappa shape index (κ3) is 1.86. The lowest BCUT2D eigenvalue weighted by molar-refractivity contribution is 0.0354. The van der Waals surface area contributed by atoms with Crippen molar-refractivity contribution in [1.29, 1.82) is 5.26 Å². The van der Waals surface area contributed by atoms with E-state index in [0.29, 0.717) is 13.2 Å². The van der Waals surface area contributed by atoms with Crippen LogP contribution in [0.4, 0.5) is 0 Å². The zero-order valence-corrected chi connectivity index (χ0v) is 5.84. The zero-order chi connectivity index (χ0) is 6.69. The van der Waals surface area contributed by atoms with Crippen LogP contribution in [0.25, 0.3) is 0 Å². The first-order chi connectivity index (χ1) is 4.33. The maximum absolute atomic E-state index is 8.37. The number of nitriles is 1. The molecule has 0 aromatic carbocycles. The van der Waals surface area contributed by atoms with Gasteiger partial charge in [0.1, 0.15) is 0 Å². The molecule has 0 aromatic rings. The van der Waals surface area contributed by atoms with Crippen molar-refractivity contribution in [3.63, 3.8) is 0 Å². The van der Waals surface area contributed by atoms with Crippen molar-refractivity contribution in [1.82, 2.24) is 4.31 Å². The molecule has 0 aromatic heterocycles. The van der Waals surface area contributed by atoms with Crippen LogP contribution in [0.15, 0.2) is 0 Å². The van der Waals surface area contributed by atoms with Crippen LogP contribution in [-0.4, -0.2) is 30.1 Å². The van der Waals surface area contributed by atoms with Gasteiger partial charge in [0.05, 0.1) is 12.7 Å². The fourth-order valence-electron chi connectivity index (χ4n) is 0.714. The molecule has 0 aliphatic carbocycles. The first-order valence-electron chi connectivity index (χ1n) is 2.78. The van der Waals surface area contributed by atoms with Crippen molar-refractivity contribution in [2.45, 2.75) is 6.10 Å². The Morgan fingerprint density at radius 2 is 2.56 bits per heavy atom. The zero-order valence-electron chi connectivity index (χ0n) is 4.95. The second kappa shape index (κ2) is 3.06. The van der Waals surface area contributed by atoms with Gasteiger partial charge in [-0.25, -0.2) is 4.31 Å². The van der Waals surface area contributed by atoms with Crippen molar-refractivity contribution >= 4 is 12.8 Å². The van der Waals surface area contributed by atoms with Gasteiger partial charge in [-0.3, -0.25) is 0 Å². The van der Waals surface area contributed by atoms with Gasteiger partial charge in [-0.1, -0.05) is 12.8 Å². The van der Waals surface area contributed by atoms with Crippen molar-refractivity contribution in [3.8, 4) is 6.07 Å². The number of hydrogen-bond acceptors (Lipinski definition) is 4. The predicted molar refractivity (Wildman–Crippen MR) is 35.9 cm³/mol. The summed E-state index contributed by atoms with van der Waals surface area (Å²) in [5.74, 6) is 0. The molecule has 1 unspecified atom stereocenters. The molecule has 3 nitrogen and oxygen atoms in total. The molecule has 0 amide bonds. The smallest absolute Gasteiger partial charge is 0.157 e. The van der Waals surface area contributed by atoms with Gasteiger partial charge in [0.2, 0.25) is 0 Å². The van der Waals surface area contributed by atoms with Crippen LogP contribution in [0, 0.1) is 11.3 Å². The molecule has 0 saturated carbocycles. The highest BCUT2D eigenvalue weighted by atomic mass is 32.1. The molecule has 1 atom stereocenters.